The third-order valence-electron chi connectivity index (χ3n) is 2.46. The molecule has 0 aromatic rings. The average Bonchev–Trinajstić information content (AvgIpc) is 2.22. The molecule has 2 N–H and O–H groups in total. The Morgan fingerprint density at radius 1 is 1.50 bits per heavy atom. The molecule has 0 amide bonds. The maximum atomic E-state index is 9.47. The van der Waals surface area contributed by atoms with E-state index in [9.17, 15) is 9.90 Å². The minimum Gasteiger partial charge on any atom is -0.481 e. The van der Waals surface area contributed by atoms with Crippen LogP contribution in [0.1, 0.15) is 34.1 Å². The Morgan fingerprint density at radius 3 is 2.31 bits per heavy atom. The van der Waals surface area contributed by atoms with Gasteiger partial charge in [-0.2, -0.15) is 0 Å². The molecule has 3 heteroatoms. The van der Waals surface area contributed by atoms with E-state index in [1.807, 2.05) is 13.0 Å². The molecule has 1 rings (SSSR count). The lowest BCUT2D eigenvalue weighted by molar-refractivity contribution is -0.136. The van der Waals surface area contributed by atoms with Gasteiger partial charge in [-0.05, 0) is 11.5 Å². The van der Waals surface area contributed by atoms with Crippen LogP contribution >= 0.6 is 0 Å². The van der Waals surface area contributed by atoms with Crippen LogP contribution < -0.4 is 0 Å². The van der Waals surface area contributed by atoms with Crippen molar-refractivity contribution in [2.45, 2.75) is 40.2 Å². The summed E-state index contributed by atoms with van der Waals surface area (Å²) >= 11 is 0. The van der Waals surface area contributed by atoms with Gasteiger partial charge in [0, 0.05) is 12.3 Å². The molecule has 0 saturated heterocycles. The van der Waals surface area contributed by atoms with E-state index in [2.05, 4.69) is 26.0 Å². The van der Waals surface area contributed by atoms with Gasteiger partial charge in [0.2, 0.25) is 0 Å². The fourth-order valence-corrected chi connectivity index (χ4v) is 1.17. The molecule has 0 bridgehead atoms. The summed E-state index contributed by atoms with van der Waals surface area (Å²) in [5.41, 5.74) is 1.25. The van der Waals surface area contributed by atoms with Crippen LogP contribution in [0.5, 0.6) is 0 Å². The van der Waals surface area contributed by atoms with Crippen molar-refractivity contribution >= 4 is 5.97 Å². The third kappa shape index (κ3) is 5.71. The molecule has 2 unspecified atom stereocenters. The van der Waals surface area contributed by atoms with Gasteiger partial charge in [0.25, 0.3) is 0 Å². The molecule has 92 valence electrons. The van der Waals surface area contributed by atoms with E-state index in [1.165, 1.54) is 5.57 Å². The van der Waals surface area contributed by atoms with Crippen LogP contribution in [-0.4, -0.2) is 22.3 Å². The highest BCUT2D eigenvalue weighted by Gasteiger charge is 2.14. The van der Waals surface area contributed by atoms with Crippen LogP contribution in [-0.2, 0) is 4.79 Å². The van der Waals surface area contributed by atoms with Gasteiger partial charge in [0.15, 0.2) is 0 Å². The Morgan fingerprint density at radius 2 is 2.00 bits per heavy atom. The molecule has 0 heterocycles. The highest BCUT2D eigenvalue weighted by atomic mass is 16.4. The topological polar surface area (TPSA) is 57.5 Å². The van der Waals surface area contributed by atoms with E-state index in [0.29, 0.717) is 5.92 Å². The number of aliphatic carboxylic acids is 1. The van der Waals surface area contributed by atoms with Crippen molar-refractivity contribution in [1.82, 2.24) is 0 Å². The Kier molecular flexibility index (Phi) is 6.74. The first-order chi connectivity index (χ1) is 7.38. The zero-order valence-corrected chi connectivity index (χ0v) is 10.5. The second-order valence-electron chi connectivity index (χ2n) is 4.28. The fraction of sp³-hybridized carbons (Fsp3) is 0.615. The van der Waals surface area contributed by atoms with Gasteiger partial charge in [0.05, 0.1) is 6.10 Å². The van der Waals surface area contributed by atoms with E-state index in [1.54, 1.807) is 6.92 Å². The summed E-state index contributed by atoms with van der Waals surface area (Å²) in [7, 11) is 0. The average molecular weight is 226 g/mol. The van der Waals surface area contributed by atoms with Crippen molar-refractivity contribution < 1.29 is 15.0 Å². The Labute approximate surface area is 97.5 Å². The molecule has 0 radical (unpaired) electrons. The smallest absolute Gasteiger partial charge is 0.303 e. The molecule has 2 atom stereocenters. The maximum absolute atomic E-state index is 9.47. The number of carboxylic acid groups (broad SMARTS) is 1. The number of carboxylic acids is 1. The lowest BCUT2D eigenvalue weighted by Crippen LogP contribution is -2.17. The molecular formula is C13H22O3. The van der Waals surface area contributed by atoms with E-state index >= 15 is 0 Å². The molecule has 1 aliphatic carbocycles. The number of aliphatic hydroxyl groups excluding tert-OH is 1. The predicted octanol–water partition coefficient (Wildman–Crippen LogP) is 2.62. The lowest BCUT2D eigenvalue weighted by Gasteiger charge is -2.19. The van der Waals surface area contributed by atoms with Crippen LogP contribution in [0.3, 0.4) is 0 Å². The van der Waals surface area contributed by atoms with Gasteiger partial charge >= 0.3 is 5.97 Å². The van der Waals surface area contributed by atoms with Gasteiger partial charge < -0.3 is 10.2 Å². The summed E-state index contributed by atoms with van der Waals surface area (Å²) < 4.78 is 0. The SMILES string of the molecule is CC(C)C1=CC(O)C(C)C=C1.CCC(=O)O. The van der Waals surface area contributed by atoms with Crippen molar-refractivity contribution in [3.63, 3.8) is 0 Å². The summed E-state index contributed by atoms with van der Waals surface area (Å²) in [6.07, 6.45) is 6.08. The van der Waals surface area contributed by atoms with Crippen LogP contribution in [0.4, 0.5) is 0 Å². The molecule has 1 aliphatic rings. The Hall–Kier alpha value is -1.09. The first-order valence-corrected chi connectivity index (χ1v) is 5.68. The summed E-state index contributed by atoms with van der Waals surface area (Å²) in [6.45, 7) is 7.90. The third-order valence-corrected chi connectivity index (χ3v) is 2.46. The van der Waals surface area contributed by atoms with Crippen molar-refractivity contribution in [3.8, 4) is 0 Å². The maximum Gasteiger partial charge on any atom is 0.303 e. The molecular weight excluding hydrogens is 204 g/mol. The number of allylic oxidation sites excluding steroid dienone is 2. The van der Waals surface area contributed by atoms with Crippen LogP contribution in [0.25, 0.3) is 0 Å². The molecule has 3 nitrogen and oxygen atoms in total. The minimum absolute atomic E-state index is 0.222. The van der Waals surface area contributed by atoms with E-state index in [0.717, 1.165) is 0 Å². The van der Waals surface area contributed by atoms with Gasteiger partial charge in [0.1, 0.15) is 0 Å². The second-order valence-corrected chi connectivity index (χ2v) is 4.28. The molecule has 0 fully saturated rings. The summed E-state index contributed by atoms with van der Waals surface area (Å²) in [4.78, 5) is 9.37. The number of rotatable bonds is 2. The van der Waals surface area contributed by atoms with Crippen molar-refractivity contribution in [2.75, 3.05) is 0 Å². The van der Waals surface area contributed by atoms with Gasteiger partial charge in [-0.3, -0.25) is 4.79 Å². The molecule has 0 aromatic heterocycles. The molecule has 0 aliphatic heterocycles. The number of aliphatic hydroxyl groups is 1. The van der Waals surface area contributed by atoms with E-state index in [-0.39, 0.29) is 18.4 Å². The standard InChI is InChI=1S/C10H16O.C3H6O2/c1-7(2)9-5-4-8(3)10(11)6-9;1-2-3(4)5/h4-8,10-11H,1-3H3;2H2,1H3,(H,4,5). The van der Waals surface area contributed by atoms with Gasteiger partial charge in [-0.1, -0.05) is 45.9 Å². The monoisotopic (exact) mass is 226 g/mol. The first-order valence-electron chi connectivity index (χ1n) is 5.68. The number of hydrogen-bond donors (Lipinski definition) is 2. The molecule has 0 spiro atoms. The van der Waals surface area contributed by atoms with Crippen molar-refractivity contribution in [3.05, 3.63) is 23.8 Å². The Balaban J connectivity index is 0.000000385. The largest absolute Gasteiger partial charge is 0.481 e. The zero-order valence-electron chi connectivity index (χ0n) is 10.5. The fourth-order valence-electron chi connectivity index (χ4n) is 1.17. The normalized spacial score (nSPS) is 23.5. The summed E-state index contributed by atoms with van der Waals surface area (Å²) in [5.74, 6) is 0.0518. The van der Waals surface area contributed by atoms with Crippen LogP contribution in [0.15, 0.2) is 23.8 Å². The Bertz CT molecular complexity index is 277. The van der Waals surface area contributed by atoms with Gasteiger partial charge in [-0.15, -0.1) is 0 Å². The van der Waals surface area contributed by atoms with Gasteiger partial charge in [-0.25, -0.2) is 0 Å². The zero-order chi connectivity index (χ0) is 12.7. The molecule has 16 heavy (non-hydrogen) atoms. The second kappa shape index (κ2) is 7.23. The van der Waals surface area contributed by atoms with Crippen LogP contribution in [0.2, 0.25) is 0 Å². The minimum atomic E-state index is -0.745. The first kappa shape index (κ1) is 14.9. The van der Waals surface area contributed by atoms with Crippen molar-refractivity contribution in [1.29, 1.82) is 0 Å². The van der Waals surface area contributed by atoms with E-state index < -0.39 is 5.97 Å². The number of carbonyl (C=O) groups is 1. The van der Waals surface area contributed by atoms with Crippen molar-refractivity contribution in [2.24, 2.45) is 11.8 Å². The quantitative estimate of drug-likeness (QED) is 0.761. The lowest BCUT2D eigenvalue weighted by atomic mass is 9.90. The van der Waals surface area contributed by atoms with Crippen LogP contribution in [0, 0.1) is 11.8 Å². The predicted molar refractivity (Wildman–Crippen MR) is 65.2 cm³/mol. The molecule has 0 saturated carbocycles. The number of hydrogen-bond acceptors (Lipinski definition) is 2. The highest BCUT2D eigenvalue weighted by molar-refractivity contribution is 5.66. The summed E-state index contributed by atoms with van der Waals surface area (Å²) in [5, 5.41) is 17.2. The molecule has 0 aromatic carbocycles. The van der Waals surface area contributed by atoms with E-state index in [4.69, 9.17) is 5.11 Å². The highest BCUT2D eigenvalue weighted by Crippen LogP contribution is 2.21. The summed E-state index contributed by atoms with van der Waals surface area (Å²) in [6, 6.07) is 0.